The van der Waals surface area contributed by atoms with Gasteiger partial charge in [-0.25, -0.2) is 8.42 Å². The number of aromatic hydroxyl groups is 1. The van der Waals surface area contributed by atoms with Gasteiger partial charge in [-0.1, -0.05) is 24.3 Å². The van der Waals surface area contributed by atoms with E-state index in [0.29, 0.717) is 26.2 Å². The van der Waals surface area contributed by atoms with Gasteiger partial charge in [0.15, 0.2) is 0 Å². The van der Waals surface area contributed by atoms with Gasteiger partial charge < -0.3 is 10.0 Å². The van der Waals surface area contributed by atoms with Crippen LogP contribution in [-0.4, -0.2) is 44.0 Å². The Kier molecular flexibility index (Phi) is 4.04. The molecule has 22 heavy (non-hydrogen) atoms. The van der Waals surface area contributed by atoms with Crippen LogP contribution in [0.1, 0.15) is 0 Å². The third kappa shape index (κ3) is 2.93. The molecule has 1 aliphatic heterocycles. The minimum Gasteiger partial charge on any atom is -0.508 e. The van der Waals surface area contributed by atoms with Crippen molar-refractivity contribution >= 4 is 15.7 Å². The Hall–Kier alpha value is -2.05. The normalized spacial score (nSPS) is 16.6. The van der Waals surface area contributed by atoms with Crippen LogP contribution < -0.4 is 4.90 Å². The third-order valence-corrected chi connectivity index (χ3v) is 5.71. The molecule has 0 aliphatic carbocycles. The summed E-state index contributed by atoms with van der Waals surface area (Å²) in [5.41, 5.74) is 1.11. The van der Waals surface area contributed by atoms with Crippen molar-refractivity contribution in [2.24, 2.45) is 0 Å². The van der Waals surface area contributed by atoms with Gasteiger partial charge in [0.25, 0.3) is 0 Å². The lowest BCUT2D eigenvalue weighted by Gasteiger charge is -2.35. The second-order valence-electron chi connectivity index (χ2n) is 5.22. The van der Waals surface area contributed by atoms with Crippen molar-refractivity contribution in [3.05, 3.63) is 54.6 Å². The summed E-state index contributed by atoms with van der Waals surface area (Å²) in [4.78, 5) is 2.31. The zero-order valence-corrected chi connectivity index (χ0v) is 12.9. The van der Waals surface area contributed by atoms with E-state index in [4.69, 9.17) is 0 Å². The van der Waals surface area contributed by atoms with Crippen LogP contribution >= 0.6 is 0 Å². The Morgan fingerprint density at radius 3 is 2.18 bits per heavy atom. The van der Waals surface area contributed by atoms with Crippen molar-refractivity contribution in [3.8, 4) is 5.75 Å². The van der Waals surface area contributed by atoms with E-state index < -0.39 is 10.0 Å². The first-order valence-corrected chi connectivity index (χ1v) is 8.60. The fourth-order valence-electron chi connectivity index (χ4n) is 2.62. The van der Waals surface area contributed by atoms with Gasteiger partial charge in [-0.2, -0.15) is 4.31 Å². The van der Waals surface area contributed by atoms with E-state index in [9.17, 15) is 13.5 Å². The SMILES string of the molecule is O=S(=O)(c1cccc(O)c1)N1CCN(c2ccccc2)CC1. The molecule has 0 unspecified atom stereocenters. The molecule has 2 aromatic carbocycles. The molecule has 0 aromatic heterocycles. The van der Waals surface area contributed by atoms with E-state index in [0.717, 1.165) is 5.69 Å². The van der Waals surface area contributed by atoms with Crippen LogP contribution in [-0.2, 0) is 10.0 Å². The average molecular weight is 318 g/mol. The van der Waals surface area contributed by atoms with Gasteiger partial charge in [0.1, 0.15) is 5.75 Å². The van der Waals surface area contributed by atoms with Gasteiger partial charge in [-0.3, -0.25) is 0 Å². The molecule has 1 fully saturated rings. The van der Waals surface area contributed by atoms with E-state index >= 15 is 0 Å². The van der Waals surface area contributed by atoms with E-state index in [2.05, 4.69) is 4.90 Å². The monoisotopic (exact) mass is 318 g/mol. The van der Waals surface area contributed by atoms with Gasteiger partial charge in [-0.15, -0.1) is 0 Å². The predicted octanol–water partition coefficient (Wildman–Crippen LogP) is 1.90. The van der Waals surface area contributed by atoms with Crippen molar-refractivity contribution in [1.29, 1.82) is 0 Å². The Morgan fingerprint density at radius 1 is 0.864 bits per heavy atom. The minimum absolute atomic E-state index is 0.0380. The molecule has 2 aromatic rings. The van der Waals surface area contributed by atoms with Crippen LogP contribution in [0.25, 0.3) is 0 Å². The second-order valence-corrected chi connectivity index (χ2v) is 7.16. The summed E-state index contributed by atoms with van der Waals surface area (Å²) < 4.78 is 26.6. The molecule has 0 saturated carbocycles. The van der Waals surface area contributed by atoms with E-state index in [1.54, 1.807) is 6.07 Å². The quantitative estimate of drug-likeness (QED) is 0.939. The van der Waals surface area contributed by atoms with Crippen LogP contribution in [0, 0.1) is 0 Å². The Balaban J connectivity index is 1.73. The molecule has 0 atom stereocenters. The standard InChI is InChI=1S/C16H18N2O3S/c19-15-7-4-8-16(13-15)22(20,21)18-11-9-17(10-12-18)14-5-2-1-3-6-14/h1-8,13,19H,9-12H2. The number of rotatable bonds is 3. The molecule has 3 rings (SSSR count). The van der Waals surface area contributed by atoms with Crippen LogP contribution in [0.15, 0.2) is 59.5 Å². The number of sulfonamides is 1. The molecular formula is C16H18N2O3S. The Morgan fingerprint density at radius 2 is 1.55 bits per heavy atom. The smallest absolute Gasteiger partial charge is 0.243 e. The third-order valence-electron chi connectivity index (χ3n) is 3.82. The highest BCUT2D eigenvalue weighted by Gasteiger charge is 2.28. The van der Waals surface area contributed by atoms with Crippen LogP contribution in [0.4, 0.5) is 5.69 Å². The molecule has 1 saturated heterocycles. The van der Waals surface area contributed by atoms with Crippen molar-refractivity contribution in [2.75, 3.05) is 31.1 Å². The molecule has 0 spiro atoms. The summed E-state index contributed by atoms with van der Waals surface area (Å²) in [5, 5.41) is 9.47. The van der Waals surface area contributed by atoms with Crippen LogP contribution in [0.5, 0.6) is 5.75 Å². The van der Waals surface area contributed by atoms with Gasteiger partial charge in [-0.05, 0) is 30.3 Å². The van der Waals surface area contributed by atoms with Crippen molar-refractivity contribution < 1.29 is 13.5 Å². The molecule has 0 bridgehead atoms. The summed E-state index contributed by atoms with van der Waals surface area (Å²) in [6.45, 7) is 2.18. The number of phenolic OH excluding ortho intramolecular Hbond substituents is 1. The van der Waals surface area contributed by atoms with Crippen molar-refractivity contribution in [1.82, 2.24) is 4.31 Å². The molecule has 6 heteroatoms. The number of benzene rings is 2. The molecular weight excluding hydrogens is 300 g/mol. The zero-order valence-electron chi connectivity index (χ0n) is 12.1. The molecule has 116 valence electrons. The lowest BCUT2D eigenvalue weighted by Crippen LogP contribution is -2.48. The highest BCUT2D eigenvalue weighted by Crippen LogP contribution is 2.23. The van der Waals surface area contributed by atoms with Crippen molar-refractivity contribution in [3.63, 3.8) is 0 Å². The van der Waals surface area contributed by atoms with Crippen LogP contribution in [0.3, 0.4) is 0 Å². The first kappa shape index (κ1) is 14.9. The first-order chi connectivity index (χ1) is 10.6. The molecule has 1 heterocycles. The maximum absolute atomic E-state index is 12.6. The summed E-state index contributed by atoms with van der Waals surface area (Å²) in [7, 11) is -3.54. The lowest BCUT2D eigenvalue weighted by molar-refractivity contribution is 0.384. The lowest BCUT2D eigenvalue weighted by atomic mass is 10.2. The van der Waals surface area contributed by atoms with Crippen LogP contribution in [0.2, 0.25) is 0 Å². The fourth-order valence-corrected chi connectivity index (χ4v) is 4.08. The topological polar surface area (TPSA) is 60.9 Å². The molecule has 1 N–H and O–H groups in total. The summed E-state index contributed by atoms with van der Waals surface area (Å²) in [6.07, 6.45) is 0. The second kappa shape index (κ2) is 5.98. The number of nitrogens with zero attached hydrogens (tertiary/aromatic N) is 2. The average Bonchev–Trinajstić information content (AvgIpc) is 2.56. The number of piperazine rings is 1. The zero-order chi connectivity index (χ0) is 15.6. The van der Waals surface area contributed by atoms with E-state index in [1.807, 2.05) is 30.3 Å². The minimum atomic E-state index is -3.54. The summed E-state index contributed by atoms with van der Waals surface area (Å²) in [6, 6.07) is 15.8. The number of para-hydroxylation sites is 1. The predicted molar refractivity (Wildman–Crippen MR) is 85.5 cm³/mol. The number of hydrogen-bond donors (Lipinski definition) is 1. The Labute approximate surface area is 130 Å². The largest absolute Gasteiger partial charge is 0.508 e. The Bertz CT molecular complexity index is 739. The maximum atomic E-state index is 12.6. The highest BCUT2D eigenvalue weighted by atomic mass is 32.2. The van der Waals surface area contributed by atoms with Crippen molar-refractivity contribution in [2.45, 2.75) is 4.90 Å². The summed E-state index contributed by atoms with van der Waals surface area (Å²) in [5.74, 6) is -0.0380. The van der Waals surface area contributed by atoms with Gasteiger partial charge in [0.2, 0.25) is 10.0 Å². The fraction of sp³-hybridized carbons (Fsp3) is 0.250. The number of anilines is 1. The maximum Gasteiger partial charge on any atom is 0.243 e. The molecule has 0 radical (unpaired) electrons. The van der Waals surface area contributed by atoms with E-state index in [-0.39, 0.29) is 10.6 Å². The number of hydrogen-bond acceptors (Lipinski definition) is 4. The number of phenols is 1. The first-order valence-electron chi connectivity index (χ1n) is 7.16. The van der Waals surface area contributed by atoms with E-state index in [1.165, 1.54) is 22.5 Å². The van der Waals surface area contributed by atoms with Gasteiger partial charge in [0.05, 0.1) is 4.90 Å². The molecule has 1 aliphatic rings. The molecule has 0 amide bonds. The highest BCUT2D eigenvalue weighted by molar-refractivity contribution is 7.89. The van der Waals surface area contributed by atoms with Gasteiger partial charge >= 0.3 is 0 Å². The molecule has 5 nitrogen and oxygen atoms in total. The summed E-state index contributed by atoms with van der Waals surface area (Å²) >= 11 is 0. The van der Waals surface area contributed by atoms with Gasteiger partial charge in [0, 0.05) is 31.9 Å².